The Morgan fingerprint density at radius 1 is 0.773 bits per heavy atom. The summed E-state index contributed by atoms with van der Waals surface area (Å²) in [5.41, 5.74) is 16.7. The number of pyridine rings is 1. The maximum atomic E-state index is 10.5. The lowest BCUT2D eigenvalue weighted by Crippen LogP contribution is -2.21. The van der Waals surface area contributed by atoms with Gasteiger partial charge in [0.25, 0.3) is 25.9 Å². The van der Waals surface area contributed by atoms with Gasteiger partial charge < -0.3 is 11.5 Å². The molecule has 3 aromatic carbocycles. The third kappa shape index (κ3) is 9.84. The average molecular weight is 638 g/mol. The summed E-state index contributed by atoms with van der Waals surface area (Å²) in [6, 6.07) is 26.1. The van der Waals surface area contributed by atoms with Crippen LogP contribution in [0.4, 0.5) is 0 Å². The Hall–Kier alpha value is -4.89. The number of aryl methyl sites for hydroxylation is 3. The summed E-state index contributed by atoms with van der Waals surface area (Å²) >= 11 is 0. The number of guanidine groups is 1. The minimum absolute atomic E-state index is 0.0552. The fourth-order valence-corrected chi connectivity index (χ4v) is 4.73. The maximum Gasteiger partial charge on any atom is 0.294 e. The van der Waals surface area contributed by atoms with Gasteiger partial charge in [-0.3, -0.25) is 9.11 Å². The molecule has 0 aliphatic heterocycles. The van der Waals surface area contributed by atoms with Crippen molar-refractivity contribution in [2.24, 2.45) is 28.7 Å². The zero-order valence-electron chi connectivity index (χ0n) is 24.2. The first-order valence-electron chi connectivity index (χ1n) is 12.9. The molecule has 0 atom stereocenters. The van der Waals surface area contributed by atoms with Crippen molar-refractivity contribution in [3.05, 3.63) is 120 Å². The Balaban J connectivity index is 0.000000202. The minimum atomic E-state index is -4.02. The zero-order valence-corrected chi connectivity index (χ0v) is 25.8. The fourth-order valence-electron chi connectivity index (χ4n) is 3.77. The first-order chi connectivity index (χ1) is 20.6. The van der Waals surface area contributed by atoms with Crippen LogP contribution in [0.15, 0.2) is 123 Å². The smallest absolute Gasteiger partial charge is 0.294 e. The Bertz CT molecular complexity index is 1910. The van der Waals surface area contributed by atoms with Crippen LogP contribution in [-0.4, -0.2) is 42.7 Å². The molecule has 0 fully saturated rings. The molecule has 0 radical (unpaired) electrons. The molecule has 0 bridgehead atoms. The van der Waals surface area contributed by atoms with E-state index in [0.29, 0.717) is 0 Å². The summed E-state index contributed by atoms with van der Waals surface area (Å²) in [5, 5.41) is 7.38. The Morgan fingerprint density at radius 3 is 1.70 bits per heavy atom. The number of hydrogen-bond donors (Lipinski definition) is 4. The van der Waals surface area contributed by atoms with E-state index in [2.05, 4.69) is 38.5 Å². The molecule has 14 heteroatoms. The second-order valence-electron chi connectivity index (χ2n) is 9.51. The van der Waals surface area contributed by atoms with Crippen molar-refractivity contribution in [1.82, 2.24) is 4.57 Å². The molecule has 0 saturated heterocycles. The molecule has 0 unspecified atom stereocenters. The number of aromatic nitrogens is 2. The predicted molar refractivity (Wildman–Crippen MR) is 169 cm³/mol. The second-order valence-corrected chi connectivity index (χ2v) is 12.4. The number of benzene rings is 3. The highest BCUT2D eigenvalue weighted by molar-refractivity contribution is 7.86. The van der Waals surface area contributed by atoms with Crippen LogP contribution in [0.25, 0.3) is 16.9 Å². The molecule has 0 aliphatic carbocycles. The van der Waals surface area contributed by atoms with Gasteiger partial charge >= 0.3 is 0 Å². The SMILES string of the molecule is Cc1ccc(S(=O)(=O)O)cc1.Cc1ccc(S(=O)(=O)O)cc1.Cn1c(-c2ccc(/C=N\N=C(N)N)cc2)c[n+]2ccccc12. The zero-order chi connectivity index (χ0) is 32.5. The van der Waals surface area contributed by atoms with Gasteiger partial charge in [-0.15, -0.1) is 5.10 Å². The van der Waals surface area contributed by atoms with Crippen LogP contribution in [0.2, 0.25) is 0 Å². The molecule has 0 amide bonds. The molecule has 5 aromatic rings. The van der Waals surface area contributed by atoms with E-state index in [0.717, 1.165) is 33.6 Å². The Labute approximate surface area is 256 Å². The lowest BCUT2D eigenvalue weighted by Gasteiger charge is -1.98. The van der Waals surface area contributed by atoms with Gasteiger partial charge in [-0.2, -0.15) is 21.9 Å². The van der Waals surface area contributed by atoms with E-state index in [1.54, 1.807) is 30.5 Å². The van der Waals surface area contributed by atoms with Gasteiger partial charge in [-0.25, -0.2) is 8.97 Å². The summed E-state index contributed by atoms with van der Waals surface area (Å²) < 4.78 is 63.4. The topological polar surface area (TPSA) is 195 Å². The molecular weight excluding hydrogens is 604 g/mol. The maximum absolute atomic E-state index is 10.5. The molecule has 5 rings (SSSR count). The number of rotatable bonds is 5. The number of nitrogens with zero attached hydrogens (tertiary/aromatic N) is 4. The highest BCUT2D eigenvalue weighted by atomic mass is 32.2. The van der Waals surface area contributed by atoms with Gasteiger partial charge in [0.15, 0.2) is 5.69 Å². The van der Waals surface area contributed by atoms with Crippen LogP contribution in [-0.2, 0) is 27.3 Å². The van der Waals surface area contributed by atoms with E-state index in [1.165, 1.54) is 24.3 Å². The van der Waals surface area contributed by atoms with Crippen LogP contribution in [0.3, 0.4) is 0 Å². The summed E-state index contributed by atoms with van der Waals surface area (Å²) in [4.78, 5) is -0.133. The molecule has 2 heterocycles. The number of imidazole rings is 1. The number of hydrogen-bond acceptors (Lipinski definition) is 6. The first-order valence-corrected chi connectivity index (χ1v) is 15.8. The summed E-state index contributed by atoms with van der Waals surface area (Å²) in [6.45, 7) is 3.68. The average Bonchev–Trinajstić information content (AvgIpc) is 3.30. The third-order valence-corrected chi connectivity index (χ3v) is 7.79. The first kappa shape index (κ1) is 33.6. The van der Waals surface area contributed by atoms with E-state index in [-0.39, 0.29) is 15.8 Å². The summed E-state index contributed by atoms with van der Waals surface area (Å²) in [5.74, 6) is -0.0552. The predicted octanol–water partition coefficient (Wildman–Crippen LogP) is 3.52. The van der Waals surface area contributed by atoms with E-state index < -0.39 is 20.2 Å². The van der Waals surface area contributed by atoms with Crippen molar-refractivity contribution in [2.75, 3.05) is 0 Å². The standard InChI is InChI=1S/C16H17N6.2C7H8O3S/c1-21-14(11-22-9-3-2-4-15(21)22)13-7-5-12(6-8-13)10-19-20-16(17)18;2*1-6-2-4-7(5-3-6)11(8,9)10/h2-11H,1H3,(H4,17,18,20);2*2-5H,1H3,(H,8,9,10)/q+1;;/b19-10-;;. The minimum Gasteiger partial charge on any atom is -0.369 e. The largest absolute Gasteiger partial charge is 0.369 e. The van der Waals surface area contributed by atoms with Crippen molar-refractivity contribution < 1.29 is 30.3 Å². The van der Waals surface area contributed by atoms with E-state index in [1.807, 2.05) is 56.4 Å². The van der Waals surface area contributed by atoms with E-state index in [4.69, 9.17) is 20.6 Å². The van der Waals surface area contributed by atoms with Crippen LogP contribution >= 0.6 is 0 Å². The van der Waals surface area contributed by atoms with Crippen molar-refractivity contribution in [1.29, 1.82) is 0 Å². The fraction of sp³-hybridized carbons (Fsp3) is 0.100. The highest BCUT2D eigenvalue weighted by Gasteiger charge is 2.15. The molecule has 6 N–H and O–H groups in total. The Kier molecular flexibility index (Phi) is 11.1. The van der Waals surface area contributed by atoms with Crippen LogP contribution in [0.1, 0.15) is 16.7 Å². The van der Waals surface area contributed by atoms with Gasteiger partial charge in [-0.1, -0.05) is 53.6 Å². The van der Waals surface area contributed by atoms with Crippen molar-refractivity contribution in [3.63, 3.8) is 0 Å². The van der Waals surface area contributed by atoms with Gasteiger partial charge in [0, 0.05) is 11.6 Å². The number of fused-ring (bicyclic) bond motifs is 1. The summed E-state index contributed by atoms with van der Waals surface area (Å²) in [7, 11) is -5.98. The van der Waals surface area contributed by atoms with Gasteiger partial charge in [0.2, 0.25) is 5.96 Å². The quantitative estimate of drug-likeness (QED) is 0.0738. The molecular formula is C30H33N6O6S2+. The van der Waals surface area contributed by atoms with Crippen LogP contribution in [0.5, 0.6) is 0 Å². The summed E-state index contributed by atoms with van der Waals surface area (Å²) in [6.07, 6.45) is 5.76. The highest BCUT2D eigenvalue weighted by Crippen LogP contribution is 2.19. The molecule has 0 saturated carbocycles. The molecule has 0 aliphatic rings. The van der Waals surface area contributed by atoms with Crippen LogP contribution < -0.4 is 15.9 Å². The monoisotopic (exact) mass is 637 g/mol. The number of nitrogens with two attached hydrogens (primary N) is 2. The lowest BCUT2D eigenvalue weighted by atomic mass is 10.1. The molecule has 44 heavy (non-hydrogen) atoms. The van der Waals surface area contributed by atoms with Crippen molar-refractivity contribution in [3.8, 4) is 11.3 Å². The normalized spacial score (nSPS) is 11.3. The molecule has 2 aromatic heterocycles. The lowest BCUT2D eigenvalue weighted by molar-refractivity contribution is -0.510. The molecule has 12 nitrogen and oxygen atoms in total. The second kappa shape index (κ2) is 14.5. The van der Waals surface area contributed by atoms with Gasteiger partial charge in [0.1, 0.15) is 6.20 Å². The van der Waals surface area contributed by atoms with E-state index >= 15 is 0 Å². The van der Waals surface area contributed by atoms with Crippen molar-refractivity contribution in [2.45, 2.75) is 23.6 Å². The molecule has 0 spiro atoms. The van der Waals surface area contributed by atoms with Crippen molar-refractivity contribution >= 4 is 38.1 Å². The molecule has 230 valence electrons. The van der Waals surface area contributed by atoms with Crippen LogP contribution in [0, 0.1) is 13.8 Å². The van der Waals surface area contributed by atoms with E-state index in [9.17, 15) is 16.8 Å². The van der Waals surface area contributed by atoms with Gasteiger partial charge in [-0.05, 0) is 61.9 Å². The van der Waals surface area contributed by atoms with Gasteiger partial charge in [0.05, 0.1) is 29.3 Å². The Morgan fingerprint density at radius 2 is 1.27 bits per heavy atom. The third-order valence-electron chi connectivity index (χ3n) is 6.06.